The van der Waals surface area contributed by atoms with E-state index in [9.17, 15) is 9.18 Å². The summed E-state index contributed by atoms with van der Waals surface area (Å²) >= 11 is 17.7. The number of rotatable bonds is 2. The van der Waals surface area contributed by atoms with Crippen LogP contribution in [0.4, 0.5) is 4.39 Å². The number of benzene rings is 1. The molecule has 0 N–H and O–H groups in total. The molecule has 0 atom stereocenters. The summed E-state index contributed by atoms with van der Waals surface area (Å²) in [4.78, 5) is 14.2. The molecule has 1 aromatic heterocycles. The lowest BCUT2D eigenvalue weighted by molar-refractivity contribution is 0.112. The van der Waals surface area contributed by atoms with Gasteiger partial charge in [0.15, 0.2) is 6.29 Å². The van der Waals surface area contributed by atoms with Gasteiger partial charge in [-0.25, -0.2) is 4.98 Å². The fraction of sp³-hybridized carbons (Fsp3) is 0. The number of aromatic nitrogens is 1. The first-order valence-corrected chi connectivity index (χ1v) is 5.92. The SMILES string of the molecule is O=Cc1cnc(F)c(-c2c(Cl)cc(Cl)cc2Cl)c1. The van der Waals surface area contributed by atoms with Gasteiger partial charge in [0, 0.05) is 27.9 Å². The second-order valence-corrected chi connectivity index (χ2v) is 4.72. The van der Waals surface area contributed by atoms with Crippen molar-refractivity contribution in [1.29, 1.82) is 0 Å². The van der Waals surface area contributed by atoms with Crippen LogP contribution >= 0.6 is 34.8 Å². The van der Waals surface area contributed by atoms with Crippen molar-refractivity contribution in [2.45, 2.75) is 0 Å². The number of hydrogen-bond acceptors (Lipinski definition) is 2. The molecule has 0 fully saturated rings. The smallest absolute Gasteiger partial charge is 0.220 e. The maximum atomic E-state index is 13.7. The van der Waals surface area contributed by atoms with E-state index in [-0.39, 0.29) is 26.7 Å². The minimum atomic E-state index is -0.758. The van der Waals surface area contributed by atoms with Gasteiger partial charge in [0.1, 0.15) is 0 Å². The summed E-state index contributed by atoms with van der Waals surface area (Å²) in [5.74, 6) is -0.758. The summed E-state index contributed by atoms with van der Waals surface area (Å²) in [5, 5.41) is 0.723. The third-order valence-electron chi connectivity index (χ3n) is 2.27. The molecule has 0 amide bonds. The van der Waals surface area contributed by atoms with E-state index in [1.807, 2.05) is 0 Å². The Morgan fingerprint density at radius 3 is 2.28 bits per heavy atom. The van der Waals surface area contributed by atoms with E-state index in [4.69, 9.17) is 34.8 Å². The predicted octanol–water partition coefficient (Wildman–Crippen LogP) is 4.66. The highest BCUT2D eigenvalue weighted by Gasteiger charge is 2.15. The normalized spacial score (nSPS) is 10.4. The Balaban J connectivity index is 2.72. The van der Waals surface area contributed by atoms with Crippen LogP contribution in [-0.4, -0.2) is 11.3 Å². The van der Waals surface area contributed by atoms with Gasteiger partial charge in [-0.1, -0.05) is 34.8 Å². The van der Waals surface area contributed by atoms with Crippen LogP contribution in [-0.2, 0) is 0 Å². The Morgan fingerprint density at radius 1 is 1.11 bits per heavy atom. The van der Waals surface area contributed by atoms with E-state index >= 15 is 0 Å². The third-order valence-corrected chi connectivity index (χ3v) is 3.09. The monoisotopic (exact) mass is 303 g/mol. The summed E-state index contributed by atoms with van der Waals surface area (Å²) < 4.78 is 13.7. The van der Waals surface area contributed by atoms with E-state index in [1.54, 1.807) is 0 Å². The fourth-order valence-corrected chi connectivity index (χ4v) is 2.52. The summed E-state index contributed by atoms with van der Waals surface area (Å²) in [5.41, 5.74) is 0.552. The van der Waals surface area contributed by atoms with Gasteiger partial charge in [-0.05, 0) is 18.2 Å². The molecule has 0 saturated heterocycles. The topological polar surface area (TPSA) is 30.0 Å². The largest absolute Gasteiger partial charge is 0.298 e. The zero-order valence-corrected chi connectivity index (χ0v) is 11.0. The Labute approximate surface area is 117 Å². The van der Waals surface area contributed by atoms with E-state index in [1.165, 1.54) is 18.2 Å². The van der Waals surface area contributed by atoms with Crippen LogP contribution < -0.4 is 0 Å². The number of nitrogens with zero attached hydrogens (tertiary/aromatic N) is 1. The van der Waals surface area contributed by atoms with E-state index in [2.05, 4.69) is 4.98 Å². The number of carbonyl (C=O) groups is 1. The molecule has 0 spiro atoms. The molecule has 0 aliphatic carbocycles. The van der Waals surface area contributed by atoms with Crippen molar-refractivity contribution in [1.82, 2.24) is 4.98 Å². The van der Waals surface area contributed by atoms with Crippen molar-refractivity contribution >= 4 is 41.1 Å². The Morgan fingerprint density at radius 2 is 1.72 bits per heavy atom. The molecule has 2 nitrogen and oxygen atoms in total. The summed E-state index contributed by atoms with van der Waals surface area (Å²) in [6, 6.07) is 4.21. The molecule has 0 unspecified atom stereocenters. The lowest BCUT2D eigenvalue weighted by atomic mass is 10.1. The second-order valence-electron chi connectivity index (χ2n) is 3.47. The van der Waals surface area contributed by atoms with Crippen molar-refractivity contribution in [3.63, 3.8) is 0 Å². The molecule has 2 rings (SSSR count). The minimum absolute atomic E-state index is 0.0614. The van der Waals surface area contributed by atoms with E-state index in [0.29, 0.717) is 11.3 Å². The molecular weight excluding hydrogens is 299 g/mol. The van der Waals surface area contributed by atoms with Crippen molar-refractivity contribution in [3.05, 3.63) is 51.0 Å². The van der Waals surface area contributed by atoms with Gasteiger partial charge in [-0.2, -0.15) is 4.39 Å². The fourth-order valence-electron chi connectivity index (χ4n) is 1.50. The van der Waals surface area contributed by atoms with Crippen LogP contribution in [0, 0.1) is 5.95 Å². The highest BCUT2D eigenvalue weighted by Crippen LogP contribution is 2.38. The molecule has 0 aliphatic rings. The van der Waals surface area contributed by atoms with Crippen molar-refractivity contribution in [3.8, 4) is 11.1 Å². The van der Waals surface area contributed by atoms with Crippen LogP contribution in [0.3, 0.4) is 0 Å². The van der Waals surface area contributed by atoms with Gasteiger partial charge >= 0.3 is 0 Å². The first kappa shape index (κ1) is 13.3. The first-order chi connectivity index (χ1) is 8.52. The zero-order valence-electron chi connectivity index (χ0n) is 8.75. The van der Waals surface area contributed by atoms with Gasteiger partial charge in [0.25, 0.3) is 0 Å². The summed E-state index contributed by atoms with van der Waals surface area (Å²) in [6.45, 7) is 0. The average molecular weight is 305 g/mol. The Hall–Kier alpha value is -1.16. The van der Waals surface area contributed by atoms with Gasteiger partial charge in [-0.15, -0.1) is 0 Å². The van der Waals surface area contributed by atoms with Gasteiger partial charge in [0.05, 0.1) is 10.0 Å². The summed E-state index contributed by atoms with van der Waals surface area (Å²) in [6.07, 6.45) is 1.69. The number of pyridine rings is 1. The quantitative estimate of drug-likeness (QED) is 0.596. The highest BCUT2D eigenvalue weighted by atomic mass is 35.5. The molecule has 0 radical (unpaired) electrons. The van der Waals surface area contributed by atoms with Gasteiger partial charge in [0.2, 0.25) is 5.95 Å². The molecule has 0 bridgehead atoms. The Bertz CT molecular complexity index is 608. The molecule has 0 saturated carbocycles. The van der Waals surface area contributed by atoms with Crippen LogP contribution in [0.2, 0.25) is 15.1 Å². The van der Waals surface area contributed by atoms with Crippen LogP contribution in [0.5, 0.6) is 0 Å². The average Bonchev–Trinajstić information content (AvgIpc) is 2.30. The van der Waals surface area contributed by atoms with Gasteiger partial charge in [-0.3, -0.25) is 4.79 Å². The van der Waals surface area contributed by atoms with Crippen LogP contribution in [0.1, 0.15) is 10.4 Å². The maximum absolute atomic E-state index is 13.7. The molecular formula is C12H5Cl3FNO. The Kier molecular flexibility index (Phi) is 3.85. The predicted molar refractivity (Wildman–Crippen MR) is 70.0 cm³/mol. The van der Waals surface area contributed by atoms with Gasteiger partial charge < -0.3 is 0 Å². The zero-order chi connectivity index (χ0) is 13.3. The van der Waals surface area contributed by atoms with Crippen LogP contribution in [0.25, 0.3) is 11.1 Å². The van der Waals surface area contributed by atoms with Crippen molar-refractivity contribution in [2.75, 3.05) is 0 Å². The molecule has 18 heavy (non-hydrogen) atoms. The maximum Gasteiger partial charge on any atom is 0.220 e. The minimum Gasteiger partial charge on any atom is -0.298 e. The second kappa shape index (κ2) is 5.22. The lowest BCUT2D eigenvalue weighted by Crippen LogP contribution is -1.94. The van der Waals surface area contributed by atoms with Crippen molar-refractivity contribution in [2.24, 2.45) is 0 Å². The molecule has 1 heterocycles. The number of hydrogen-bond donors (Lipinski definition) is 0. The number of carbonyl (C=O) groups excluding carboxylic acids is 1. The van der Waals surface area contributed by atoms with Crippen LogP contribution in [0.15, 0.2) is 24.4 Å². The number of aldehydes is 1. The molecule has 0 aliphatic heterocycles. The number of halogens is 4. The standard InChI is InChI=1S/C12H5Cl3FNO/c13-7-2-9(14)11(10(15)3-7)8-1-6(5-18)4-17-12(8)16/h1-5H. The highest BCUT2D eigenvalue weighted by molar-refractivity contribution is 6.41. The first-order valence-electron chi connectivity index (χ1n) is 4.78. The lowest BCUT2D eigenvalue weighted by Gasteiger charge is -2.09. The van der Waals surface area contributed by atoms with E-state index < -0.39 is 5.95 Å². The molecule has 92 valence electrons. The summed E-state index contributed by atoms with van der Waals surface area (Å²) in [7, 11) is 0. The molecule has 1 aromatic carbocycles. The molecule has 2 aromatic rings. The molecule has 6 heteroatoms. The van der Waals surface area contributed by atoms with E-state index in [0.717, 1.165) is 6.20 Å². The van der Waals surface area contributed by atoms with Crippen molar-refractivity contribution < 1.29 is 9.18 Å². The third kappa shape index (κ3) is 2.48.